The van der Waals surface area contributed by atoms with Gasteiger partial charge in [-0.1, -0.05) is 6.92 Å². The van der Waals surface area contributed by atoms with E-state index in [0.29, 0.717) is 13.1 Å². The average Bonchev–Trinajstić information content (AvgIpc) is 3.03. The van der Waals surface area contributed by atoms with Gasteiger partial charge in [-0.15, -0.1) is 11.3 Å². The van der Waals surface area contributed by atoms with Crippen molar-refractivity contribution in [1.29, 1.82) is 0 Å². The molecule has 0 atom stereocenters. The van der Waals surface area contributed by atoms with E-state index in [1.165, 1.54) is 29.5 Å². The van der Waals surface area contributed by atoms with Crippen LogP contribution in [0.4, 0.5) is 5.82 Å². The lowest BCUT2D eigenvalue weighted by Crippen LogP contribution is -2.49. The molecule has 4 rings (SSSR count). The normalized spacial score (nSPS) is 20.2. The number of fused-ring (bicyclic) bond motifs is 1. The van der Waals surface area contributed by atoms with Crippen LogP contribution >= 0.6 is 11.3 Å². The van der Waals surface area contributed by atoms with Gasteiger partial charge in [-0.25, -0.2) is 18.4 Å². The lowest BCUT2D eigenvalue weighted by molar-refractivity contribution is 0.181. The van der Waals surface area contributed by atoms with Crippen LogP contribution in [0.15, 0.2) is 0 Å². The van der Waals surface area contributed by atoms with E-state index in [2.05, 4.69) is 35.9 Å². The molecular weight excluding hydrogens is 444 g/mol. The summed E-state index contributed by atoms with van der Waals surface area (Å²) < 4.78 is 25.0. The van der Waals surface area contributed by atoms with Gasteiger partial charge in [0.25, 0.3) is 0 Å². The average molecular weight is 481 g/mol. The number of nitrogens with zero attached hydrogens (tertiary/aromatic N) is 5. The lowest BCUT2D eigenvalue weighted by atomic mass is 9.99. The first-order valence-corrected chi connectivity index (χ1v) is 14.3. The highest BCUT2D eigenvalue weighted by Gasteiger charge is 2.23. The topological polar surface area (TPSA) is 81.7 Å². The van der Waals surface area contributed by atoms with E-state index in [4.69, 9.17) is 9.97 Å². The van der Waals surface area contributed by atoms with Gasteiger partial charge in [0.2, 0.25) is 10.0 Å². The van der Waals surface area contributed by atoms with Crippen molar-refractivity contribution in [2.24, 2.45) is 5.92 Å². The van der Waals surface area contributed by atoms with Gasteiger partial charge in [0.05, 0.1) is 18.2 Å². The maximum atomic E-state index is 11.7. The van der Waals surface area contributed by atoms with Crippen molar-refractivity contribution in [2.45, 2.75) is 40.2 Å². The molecule has 2 aliphatic heterocycles. The van der Waals surface area contributed by atoms with Gasteiger partial charge in [0.1, 0.15) is 16.5 Å². The summed E-state index contributed by atoms with van der Waals surface area (Å²) in [5.41, 5.74) is 1.26. The minimum Gasteiger partial charge on any atom is -0.368 e. The molecule has 0 saturated carbocycles. The lowest BCUT2D eigenvalue weighted by Gasteiger charge is -2.33. The van der Waals surface area contributed by atoms with E-state index >= 15 is 0 Å². The summed E-state index contributed by atoms with van der Waals surface area (Å²) in [5, 5.41) is 4.72. The Morgan fingerprint density at radius 2 is 1.72 bits per heavy atom. The monoisotopic (exact) mass is 480 g/mol. The smallest absolute Gasteiger partial charge is 0.211 e. The van der Waals surface area contributed by atoms with Crippen molar-refractivity contribution >= 4 is 37.4 Å². The summed E-state index contributed by atoms with van der Waals surface area (Å²) in [7, 11) is -3.09. The minimum atomic E-state index is -3.09. The van der Waals surface area contributed by atoms with E-state index in [1.54, 1.807) is 15.6 Å². The Hall–Kier alpha value is -1.33. The zero-order valence-electron chi connectivity index (χ0n) is 19.7. The van der Waals surface area contributed by atoms with Gasteiger partial charge < -0.3 is 5.32 Å². The zero-order chi connectivity index (χ0) is 22.9. The molecule has 8 nitrogen and oxygen atoms in total. The Morgan fingerprint density at radius 1 is 1.03 bits per heavy atom. The molecule has 2 aromatic heterocycles. The molecule has 0 amide bonds. The number of piperazine rings is 1. The molecule has 2 saturated heterocycles. The number of hydrogen-bond acceptors (Lipinski definition) is 8. The first-order chi connectivity index (χ1) is 15.2. The van der Waals surface area contributed by atoms with Crippen LogP contribution in [0.2, 0.25) is 0 Å². The number of aryl methyl sites for hydroxylation is 2. The number of rotatable bonds is 7. The summed E-state index contributed by atoms with van der Waals surface area (Å²) in [6, 6.07) is 0. The van der Waals surface area contributed by atoms with Gasteiger partial charge in [-0.2, -0.15) is 4.31 Å². The summed E-state index contributed by atoms with van der Waals surface area (Å²) >= 11 is 1.75. The predicted octanol–water partition coefficient (Wildman–Crippen LogP) is 2.53. The fourth-order valence-corrected chi connectivity index (χ4v) is 6.40. The van der Waals surface area contributed by atoms with E-state index in [1.807, 2.05) is 0 Å². The van der Waals surface area contributed by atoms with Crippen LogP contribution in [0.25, 0.3) is 10.2 Å². The number of piperidine rings is 1. The molecule has 0 unspecified atom stereocenters. The molecule has 178 valence electrons. The molecule has 0 aliphatic carbocycles. The molecule has 10 heteroatoms. The summed E-state index contributed by atoms with van der Waals surface area (Å²) in [5.74, 6) is 2.65. The summed E-state index contributed by atoms with van der Waals surface area (Å²) in [6.07, 6.45) is 3.78. The first kappa shape index (κ1) is 23.8. The van der Waals surface area contributed by atoms with Crippen LogP contribution in [0.1, 0.15) is 36.0 Å². The number of aromatic nitrogens is 2. The minimum absolute atomic E-state index is 0.567. The Morgan fingerprint density at radius 3 is 2.38 bits per heavy atom. The number of hydrogen-bond donors (Lipinski definition) is 1. The van der Waals surface area contributed by atoms with Crippen LogP contribution in [0, 0.1) is 19.8 Å². The van der Waals surface area contributed by atoms with Gasteiger partial charge in [-0.05, 0) is 51.3 Å². The van der Waals surface area contributed by atoms with Crippen molar-refractivity contribution in [2.75, 3.05) is 63.9 Å². The molecule has 2 fully saturated rings. The van der Waals surface area contributed by atoms with Crippen LogP contribution in [-0.4, -0.2) is 91.1 Å². The molecule has 0 radical (unpaired) electrons. The van der Waals surface area contributed by atoms with E-state index in [0.717, 1.165) is 73.6 Å². The molecule has 0 spiro atoms. The Bertz CT molecular complexity index is 1040. The number of likely N-dealkylation sites (tertiary alicyclic amines) is 1. The SMILES string of the molecule is Cc1sc2nc(CN3CCC(C)CC3)nc(NCCN3CCN(S(C)(=O)=O)CC3)c2c1C. The van der Waals surface area contributed by atoms with Gasteiger partial charge >= 0.3 is 0 Å². The second-order valence-electron chi connectivity index (χ2n) is 9.34. The van der Waals surface area contributed by atoms with E-state index in [9.17, 15) is 8.42 Å². The second-order valence-corrected chi connectivity index (χ2v) is 12.5. The molecule has 2 aliphatic rings. The number of sulfonamides is 1. The quantitative estimate of drug-likeness (QED) is 0.652. The van der Waals surface area contributed by atoms with Crippen LogP contribution < -0.4 is 5.32 Å². The third-order valence-electron chi connectivity index (χ3n) is 6.84. The van der Waals surface area contributed by atoms with E-state index in [-0.39, 0.29) is 0 Å². The molecule has 0 aromatic carbocycles. The van der Waals surface area contributed by atoms with Crippen molar-refractivity contribution in [1.82, 2.24) is 24.1 Å². The maximum absolute atomic E-state index is 11.7. The third-order valence-corrected chi connectivity index (χ3v) is 9.24. The predicted molar refractivity (Wildman–Crippen MR) is 132 cm³/mol. The van der Waals surface area contributed by atoms with Crippen LogP contribution in [0.3, 0.4) is 0 Å². The van der Waals surface area contributed by atoms with E-state index < -0.39 is 10.0 Å². The van der Waals surface area contributed by atoms with Crippen molar-refractivity contribution < 1.29 is 8.42 Å². The van der Waals surface area contributed by atoms with Gasteiger partial charge in [-0.3, -0.25) is 9.80 Å². The number of nitrogens with one attached hydrogen (secondary N) is 1. The maximum Gasteiger partial charge on any atom is 0.211 e. The molecule has 4 heterocycles. The summed E-state index contributed by atoms with van der Waals surface area (Å²) in [4.78, 5) is 17.0. The van der Waals surface area contributed by atoms with Gasteiger partial charge in [0, 0.05) is 44.1 Å². The van der Waals surface area contributed by atoms with Crippen molar-refractivity contribution in [3.8, 4) is 0 Å². The number of thiophene rings is 1. The number of anilines is 1. The molecular formula is C22H36N6O2S2. The zero-order valence-corrected chi connectivity index (χ0v) is 21.4. The van der Waals surface area contributed by atoms with Crippen molar-refractivity contribution in [3.63, 3.8) is 0 Å². The summed E-state index contributed by atoms with van der Waals surface area (Å²) in [6.45, 7) is 14.0. The highest BCUT2D eigenvalue weighted by molar-refractivity contribution is 7.88. The van der Waals surface area contributed by atoms with Crippen LogP contribution in [-0.2, 0) is 16.6 Å². The van der Waals surface area contributed by atoms with Crippen molar-refractivity contribution in [3.05, 3.63) is 16.3 Å². The fraction of sp³-hybridized carbons (Fsp3) is 0.727. The Balaban J connectivity index is 1.42. The first-order valence-electron chi connectivity index (χ1n) is 11.6. The van der Waals surface area contributed by atoms with Crippen LogP contribution in [0.5, 0.6) is 0 Å². The Kier molecular flexibility index (Phi) is 7.36. The Labute approximate surface area is 196 Å². The molecule has 1 N–H and O–H groups in total. The molecule has 32 heavy (non-hydrogen) atoms. The second kappa shape index (κ2) is 9.89. The molecule has 0 bridgehead atoms. The molecule has 2 aromatic rings. The highest BCUT2D eigenvalue weighted by atomic mass is 32.2. The largest absolute Gasteiger partial charge is 0.368 e. The van der Waals surface area contributed by atoms with Gasteiger partial charge in [0.15, 0.2) is 0 Å². The fourth-order valence-electron chi connectivity index (χ4n) is 4.53. The highest BCUT2D eigenvalue weighted by Crippen LogP contribution is 2.33. The third kappa shape index (κ3) is 5.59. The standard InChI is InChI=1S/C22H36N6O2S2/c1-16-5-8-27(9-6-16)15-19-24-21(20-17(2)18(3)31-22(20)25-19)23-7-10-26-11-13-28(14-12-26)32(4,29)30/h16H,5-15H2,1-4H3,(H,23,24,25).